The zero-order chi connectivity index (χ0) is 17.4. The molecule has 0 aliphatic carbocycles. The largest absolute Gasteiger partial charge is 0.329 e. The number of carbonyl (C=O) groups excluding carboxylic acids is 2. The van der Waals surface area contributed by atoms with Gasteiger partial charge in [0.2, 0.25) is 0 Å². The molecule has 1 atom stereocenters. The van der Waals surface area contributed by atoms with E-state index in [-0.39, 0.29) is 11.8 Å². The normalized spacial score (nSPS) is 20.2. The third-order valence-electron chi connectivity index (χ3n) is 4.30. The van der Waals surface area contributed by atoms with Gasteiger partial charge in [-0.1, -0.05) is 48.0 Å². The molecule has 0 saturated heterocycles. The first kappa shape index (κ1) is 16.3. The molecule has 1 aromatic carbocycles. The summed E-state index contributed by atoms with van der Waals surface area (Å²) >= 11 is 7.38. The summed E-state index contributed by atoms with van der Waals surface area (Å²) in [5.74, 6) is -0.317. The van der Waals surface area contributed by atoms with Crippen LogP contribution in [0.1, 0.15) is 17.0 Å². The van der Waals surface area contributed by atoms with E-state index in [0.717, 1.165) is 22.0 Å². The Kier molecular flexibility index (Phi) is 4.31. The van der Waals surface area contributed by atoms with Crippen molar-refractivity contribution in [3.63, 3.8) is 0 Å². The second-order valence-corrected chi connectivity index (χ2v) is 7.33. The maximum atomic E-state index is 13.1. The first-order valence-electron chi connectivity index (χ1n) is 7.93. The van der Waals surface area contributed by atoms with E-state index >= 15 is 0 Å². The molecule has 7 heteroatoms. The lowest BCUT2D eigenvalue weighted by atomic mass is 9.95. The summed E-state index contributed by atoms with van der Waals surface area (Å²) in [5.41, 5.74) is 1.60. The maximum Gasteiger partial charge on any atom is 0.329 e. The van der Waals surface area contributed by atoms with Gasteiger partial charge >= 0.3 is 17.0 Å². The van der Waals surface area contributed by atoms with Crippen LogP contribution in [0, 0.1) is 0 Å². The van der Waals surface area contributed by atoms with Crippen LogP contribution in [0.5, 0.6) is 0 Å². The highest BCUT2D eigenvalue weighted by molar-refractivity contribution is 8.13. The molecule has 0 N–H and O–H groups in total. The van der Waals surface area contributed by atoms with Crippen molar-refractivity contribution in [2.24, 2.45) is 0 Å². The van der Waals surface area contributed by atoms with Crippen LogP contribution in [0.25, 0.3) is 0 Å². The number of thioether (sulfide) groups is 1. The van der Waals surface area contributed by atoms with Crippen molar-refractivity contribution in [3.05, 3.63) is 64.9 Å². The standard InChI is InChI=1S/C18H15ClN3O2S/c19-14-7-6-12(10-20-14)11-22-17(24)15(13-4-2-1-3-5-13)16(23)21-8-9-25-18(21)22/h1-7,10,15H,8-9,11H2/q+1. The Hall–Kier alpha value is -2.18. The van der Waals surface area contributed by atoms with E-state index in [2.05, 4.69) is 4.98 Å². The van der Waals surface area contributed by atoms with E-state index in [1.807, 2.05) is 36.4 Å². The molecule has 4 rings (SSSR count). The van der Waals surface area contributed by atoms with Crippen molar-refractivity contribution in [3.8, 4) is 0 Å². The number of amidine groups is 1. The molecule has 25 heavy (non-hydrogen) atoms. The van der Waals surface area contributed by atoms with E-state index in [1.54, 1.807) is 33.5 Å². The summed E-state index contributed by atoms with van der Waals surface area (Å²) in [7, 11) is 0. The van der Waals surface area contributed by atoms with Crippen LogP contribution in [0.4, 0.5) is 0 Å². The minimum absolute atomic E-state index is 0.137. The Labute approximate surface area is 154 Å². The van der Waals surface area contributed by atoms with Gasteiger partial charge in [0.1, 0.15) is 18.2 Å². The van der Waals surface area contributed by atoms with Crippen LogP contribution >= 0.6 is 23.4 Å². The summed E-state index contributed by atoms with van der Waals surface area (Å²) in [6, 6.07) is 12.8. The lowest BCUT2D eigenvalue weighted by Crippen LogP contribution is -2.51. The number of aromatic nitrogens is 1. The van der Waals surface area contributed by atoms with Gasteiger partial charge in [0.25, 0.3) is 0 Å². The van der Waals surface area contributed by atoms with Crippen molar-refractivity contribution < 1.29 is 14.2 Å². The number of benzene rings is 1. The molecule has 1 unspecified atom stereocenters. The lowest BCUT2D eigenvalue weighted by molar-refractivity contribution is -0.446. The highest BCUT2D eigenvalue weighted by atomic mass is 35.5. The first-order valence-corrected chi connectivity index (χ1v) is 9.29. The smallest absolute Gasteiger partial charge is 0.245 e. The number of amides is 2. The molecule has 2 aliphatic rings. The van der Waals surface area contributed by atoms with Gasteiger partial charge in [-0.3, -0.25) is 0 Å². The number of pyridine rings is 1. The van der Waals surface area contributed by atoms with E-state index in [9.17, 15) is 9.59 Å². The second kappa shape index (κ2) is 6.61. The zero-order valence-electron chi connectivity index (χ0n) is 13.3. The van der Waals surface area contributed by atoms with Crippen molar-refractivity contribution in [1.82, 2.24) is 9.88 Å². The molecule has 3 heterocycles. The average Bonchev–Trinajstić information content (AvgIpc) is 3.11. The fraction of sp³-hybridized carbons (Fsp3) is 0.222. The molecular weight excluding hydrogens is 358 g/mol. The average molecular weight is 373 g/mol. The lowest BCUT2D eigenvalue weighted by Gasteiger charge is -2.25. The summed E-state index contributed by atoms with van der Waals surface area (Å²) < 4.78 is 1.73. The molecule has 2 aromatic rings. The van der Waals surface area contributed by atoms with Crippen molar-refractivity contribution in [2.45, 2.75) is 12.5 Å². The number of hydrogen-bond acceptors (Lipinski definition) is 4. The van der Waals surface area contributed by atoms with Gasteiger partial charge in [-0.2, -0.15) is 9.48 Å². The quantitative estimate of drug-likeness (QED) is 0.472. The maximum absolute atomic E-state index is 13.1. The van der Waals surface area contributed by atoms with E-state index < -0.39 is 5.92 Å². The third-order valence-corrected chi connectivity index (χ3v) is 5.61. The summed E-state index contributed by atoms with van der Waals surface area (Å²) in [5, 5.41) is 1.13. The second-order valence-electron chi connectivity index (χ2n) is 5.88. The molecule has 0 bridgehead atoms. The molecule has 0 spiro atoms. The van der Waals surface area contributed by atoms with Crippen LogP contribution in [-0.4, -0.2) is 43.7 Å². The predicted octanol–water partition coefficient (Wildman–Crippen LogP) is 2.50. The highest BCUT2D eigenvalue weighted by Crippen LogP contribution is 2.31. The molecule has 2 aliphatic heterocycles. The molecule has 2 amide bonds. The first-order chi connectivity index (χ1) is 12.1. The van der Waals surface area contributed by atoms with Crippen LogP contribution in [-0.2, 0) is 16.1 Å². The molecule has 5 nitrogen and oxygen atoms in total. The molecule has 0 saturated carbocycles. The van der Waals surface area contributed by atoms with Crippen LogP contribution in [0.3, 0.4) is 0 Å². The van der Waals surface area contributed by atoms with E-state index in [0.29, 0.717) is 18.2 Å². The van der Waals surface area contributed by atoms with Gasteiger partial charge in [-0.25, -0.2) is 14.6 Å². The Bertz CT molecular complexity index is 868. The molecular formula is C18H15ClN3O2S+. The van der Waals surface area contributed by atoms with E-state index in [1.165, 1.54) is 0 Å². The zero-order valence-corrected chi connectivity index (χ0v) is 14.8. The van der Waals surface area contributed by atoms with Crippen molar-refractivity contribution >= 4 is 40.3 Å². The fourth-order valence-electron chi connectivity index (χ4n) is 3.10. The van der Waals surface area contributed by atoms with Crippen LogP contribution in [0.15, 0.2) is 48.7 Å². The van der Waals surface area contributed by atoms with Crippen molar-refractivity contribution in [1.29, 1.82) is 0 Å². The molecule has 0 radical (unpaired) electrons. The summed E-state index contributed by atoms with van der Waals surface area (Å²) in [4.78, 5) is 31.8. The molecule has 1 aromatic heterocycles. The third kappa shape index (κ3) is 2.96. The Morgan fingerprint density at radius 3 is 2.72 bits per heavy atom. The Morgan fingerprint density at radius 1 is 1.20 bits per heavy atom. The van der Waals surface area contributed by atoms with E-state index in [4.69, 9.17) is 11.6 Å². The van der Waals surface area contributed by atoms with Gasteiger partial charge in [-0.05, 0) is 23.4 Å². The van der Waals surface area contributed by atoms with Crippen LogP contribution in [0.2, 0.25) is 5.15 Å². The fourth-order valence-corrected chi connectivity index (χ4v) is 4.32. The van der Waals surface area contributed by atoms with Crippen molar-refractivity contribution in [2.75, 3.05) is 12.3 Å². The number of nitrogens with zero attached hydrogens (tertiary/aromatic N) is 3. The summed E-state index contributed by atoms with van der Waals surface area (Å²) in [6.45, 7) is 1.00. The van der Waals surface area contributed by atoms with Gasteiger partial charge in [-0.15, -0.1) is 0 Å². The minimum Gasteiger partial charge on any atom is -0.245 e. The Morgan fingerprint density at radius 2 is 2.00 bits per heavy atom. The molecule has 126 valence electrons. The predicted molar refractivity (Wildman–Crippen MR) is 96.6 cm³/mol. The van der Waals surface area contributed by atoms with Gasteiger partial charge in [0.05, 0.1) is 0 Å². The monoisotopic (exact) mass is 372 g/mol. The number of carbonyl (C=O) groups is 2. The highest BCUT2D eigenvalue weighted by Gasteiger charge is 2.50. The van der Waals surface area contributed by atoms with Crippen LogP contribution < -0.4 is 0 Å². The summed E-state index contributed by atoms with van der Waals surface area (Å²) in [6.07, 6.45) is 1.66. The van der Waals surface area contributed by atoms with Gasteiger partial charge in [0.15, 0.2) is 5.92 Å². The number of rotatable bonds is 3. The number of halogens is 1. The van der Waals surface area contributed by atoms with Gasteiger partial charge in [0, 0.05) is 17.5 Å². The van der Waals surface area contributed by atoms with Gasteiger partial charge < -0.3 is 0 Å². The topological polar surface area (TPSA) is 53.3 Å². The Balaban J connectivity index is 1.73. The SMILES string of the molecule is O=C1C(c2ccccc2)C(=O)[N+]2=C(SCC2)N1Cc1ccc(Cl)nc1. The number of hydrogen-bond donors (Lipinski definition) is 0. The minimum atomic E-state index is -0.788. The molecule has 0 fully saturated rings.